The molecular formula is C11H13BrFNO3S. The number of ether oxygens (including phenoxy) is 1. The minimum absolute atomic E-state index is 0.0822. The van der Waals surface area contributed by atoms with E-state index < -0.39 is 15.8 Å². The fourth-order valence-corrected chi connectivity index (χ4v) is 3.06. The molecule has 0 amide bonds. The number of nitrogens with one attached hydrogen (secondary N) is 1. The zero-order valence-corrected chi connectivity index (χ0v) is 11.9. The summed E-state index contributed by atoms with van der Waals surface area (Å²) in [6, 6.07) is 3.71. The molecule has 100 valence electrons. The van der Waals surface area contributed by atoms with E-state index >= 15 is 0 Å². The highest BCUT2D eigenvalue weighted by molar-refractivity contribution is 9.10. The molecule has 1 fully saturated rings. The van der Waals surface area contributed by atoms with Crippen LogP contribution in [0.15, 0.2) is 27.6 Å². The van der Waals surface area contributed by atoms with Crippen molar-refractivity contribution < 1.29 is 17.5 Å². The third-order valence-corrected chi connectivity index (χ3v) is 4.79. The van der Waals surface area contributed by atoms with Crippen LogP contribution in [-0.4, -0.2) is 27.7 Å². The van der Waals surface area contributed by atoms with Crippen molar-refractivity contribution in [3.63, 3.8) is 0 Å². The van der Waals surface area contributed by atoms with E-state index in [1.165, 1.54) is 12.1 Å². The van der Waals surface area contributed by atoms with Crippen LogP contribution in [0, 0.1) is 5.82 Å². The highest BCUT2D eigenvalue weighted by Crippen LogP contribution is 2.19. The van der Waals surface area contributed by atoms with E-state index in [9.17, 15) is 12.8 Å². The monoisotopic (exact) mass is 337 g/mol. The summed E-state index contributed by atoms with van der Waals surface area (Å²) in [5, 5.41) is 0. The molecule has 0 spiro atoms. The van der Waals surface area contributed by atoms with Crippen LogP contribution in [0.1, 0.15) is 12.8 Å². The van der Waals surface area contributed by atoms with Crippen LogP contribution in [0.5, 0.6) is 0 Å². The van der Waals surface area contributed by atoms with Gasteiger partial charge in [0.1, 0.15) is 5.82 Å². The molecule has 0 bridgehead atoms. The standard InChI is InChI=1S/C11H13BrFNO3S/c12-10-4-3-9(6-11(10)13)18(15,16)14-7-8-2-1-5-17-8/h3-4,6,8,14H,1-2,5,7H2/t8-/m0/s1. The normalized spacial score (nSPS) is 20.2. The number of halogens is 2. The lowest BCUT2D eigenvalue weighted by Gasteiger charge is -2.11. The molecule has 1 aromatic carbocycles. The van der Waals surface area contributed by atoms with Crippen LogP contribution in [0.4, 0.5) is 4.39 Å². The number of benzene rings is 1. The second kappa shape index (κ2) is 5.64. The Bertz CT molecular complexity index is 529. The molecule has 0 unspecified atom stereocenters. The smallest absolute Gasteiger partial charge is 0.240 e. The summed E-state index contributed by atoms with van der Waals surface area (Å²) in [7, 11) is -3.68. The van der Waals surface area contributed by atoms with Crippen LogP contribution in [0.3, 0.4) is 0 Å². The Morgan fingerprint density at radius 1 is 1.50 bits per heavy atom. The van der Waals surface area contributed by atoms with Crippen LogP contribution >= 0.6 is 15.9 Å². The average molecular weight is 338 g/mol. The van der Waals surface area contributed by atoms with E-state index in [1.807, 2.05) is 0 Å². The topological polar surface area (TPSA) is 55.4 Å². The molecule has 1 aromatic rings. The van der Waals surface area contributed by atoms with Gasteiger partial charge in [0.2, 0.25) is 10.0 Å². The van der Waals surface area contributed by atoms with Gasteiger partial charge in [0, 0.05) is 13.2 Å². The predicted octanol–water partition coefficient (Wildman–Crippen LogP) is 2.05. The van der Waals surface area contributed by atoms with Crippen LogP contribution in [-0.2, 0) is 14.8 Å². The molecule has 0 radical (unpaired) electrons. The molecule has 1 N–H and O–H groups in total. The van der Waals surface area contributed by atoms with Gasteiger partial charge < -0.3 is 4.74 Å². The molecule has 0 saturated carbocycles. The van der Waals surface area contributed by atoms with Gasteiger partial charge in [-0.05, 0) is 47.0 Å². The molecule has 2 rings (SSSR count). The Kier molecular flexibility index (Phi) is 4.37. The summed E-state index contributed by atoms with van der Waals surface area (Å²) in [6.07, 6.45) is 1.70. The number of sulfonamides is 1. The van der Waals surface area contributed by atoms with Crippen molar-refractivity contribution in [1.82, 2.24) is 4.72 Å². The van der Waals surface area contributed by atoms with E-state index in [4.69, 9.17) is 4.74 Å². The summed E-state index contributed by atoms with van der Waals surface area (Å²) in [6.45, 7) is 0.888. The highest BCUT2D eigenvalue weighted by Gasteiger charge is 2.20. The van der Waals surface area contributed by atoms with Gasteiger partial charge in [-0.1, -0.05) is 0 Å². The van der Waals surface area contributed by atoms with Crippen molar-refractivity contribution in [1.29, 1.82) is 0 Å². The molecule has 0 aliphatic carbocycles. The van der Waals surface area contributed by atoms with Crippen LogP contribution < -0.4 is 4.72 Å². The van der Waals surface area contributed by atoms with Gasteiger partial charge in [0.15, 0.2) is 0 Å². The zero-order chi connectivity index (χ0) is 13.2. The van der Waals surface area contributed by atoms with Crippen LogP contribution in [0.2, 0.25) is 0 Å². The number of hydrogen-bond donors (Lipinski definition) is 1. The van der Waals surface area contributed by atoms with Gasteiger partial charge in [-0.3, -0.25) is 0 Å². The summed E-state index contributed by atoms with van der Waals surface area (Å²) in [4.78, 5) is -0.0822. The van der Waals surface area contributed by atoms with Crippen molar-refractivity contribution in [2.75, 3.05) is 13.2 Å². The second-order valence-corrected chi connectivity index (χ2v) is 6.68. The largest absolute Gasteiger partial charge is 0.377 e. The Morgan fingerprint density at radius 3 is 2.89 bits per heavy atom. The maximum Gasteiger partial charge on any atom is 0.240 e. The minimum atomic E-state index is -3.68. The van der Waals surface area contributed by atoms with Crippen molar-refractivity contribution >= 4 is 26.0 Å². The van der Waals surface area contributed by atoms with Gasteiger partial charge in [-0.15, -0.1) is 0 Å². The Labute approximate surface area is 114 Å². The van der Waals surface area contributed by atoms with E-state index in [0.717, 1.165) is 18.9 Å². The van der Waals surface area contributed by atoms with Gasteiger partial charge >= 0.3 is 0 Å². The first kappa shape index (κ1) is 13.9. The van der Waals surface area contributed by atoms with Crippen molar-refractivity contribution in [2.24, 2.45) is 0 Å². The number of hydrogen-bond acceptors (Lipinski definition) is 3. The second-order valence-electron chi connectivity index (χ2n) is 4.06. The number of rotatable bonds is 4. The molecule has 1 saturated heterocycles. The Hall–Kier alpha value is -0.500. The first-order valence-corrected chi connectivity index (χ1v) is 7.83. The highest BCUT2D eigenvalue weighted by atomic mass is 79.9. The molecular weight excluding hydrogens is 325 g/mol. The fourth-order valence-electron chi connectivity index (χ4n) is 1.74. The molecule has 1 aliphatic rings. The van der Waals surface area contributed by atoms with E-state index in [1.54, 1.807) is 0 Å². The maximum absolute atomic E-state index is 13.3. The summed E-state index contributed by atoms with van der Waals surface area (Å²) >= 11 is 2.98. The third-order valence-electron chi connectivity index (χ3n) is 2.73. The van der Waals surface area contributed by atoms with Crippen molar-refractivity contribution in [3.05, 3.63) is 28.5 Å². The van der Waals surface area contributed by atoms with Gasteiger partial charge in [0.25, 0.3) is 0 Å². The van der Waals surface area contributed by atoms with Gasteiger partial charge in [-0.25, -0.2) is 17.5 Å². The SMILES string of the molecule is O=S(=O)(NC[C@@H]1CCCO1)c1ccc(Br)c(F)c1. The van der Waals surface area contributed by atoms with Gasteiger partial charge in [0.05, 0.1) is 15.5 Å². The summed E-state index contributed by atoms with van der Waals surface area (Å²) in [5.74, 6) is -0.602. The van der Waals surface area contributed by atoms with Crippen LogP contribution in [0.25, 0.3) is 0 Å². The summed E-state index contributed by atoms with van der Waals surface area (Å²) in [5.41, 5.74) is 0. The molecule has 1 aliphatic heterocycles. The molecule has 4 nitrogen and oxygen atoms in total. The third kappa shape index (κ3) is 3.28. The lowest BCUT2D eigenvalue weighted by atomic mass is 10.2. The maximum atomic E-state index is 13.3. The fraction of sp³-hybridized carbons (Fsp3) is 0.455. The predicted molar refractivity (Wildman–Crippen MR) is 68.3 cm³/mol. The van der Waals surface area contributed by atoms with E-state index in [2.05, 4.69) is 20.7 Å². The van der Waals surface area contributed by atoms with Crippen molar-refractivity contribution in [3.8, 4) is 0 Å². The van der Waals surface area contributed by atoms with E-state index in [0.29, 0.717) is 6.61 Å². The molecule has 18 heavy (non-hydrogen) atoms. The quantitative estimate of drug-likeness (QED) is 0.914. The molecule has 1 heterocycles. The molecule has 1 atom stereocenters. The summed E-state index contributed by atoms with van der Waals surface area (Å²) < 4.78 is 45.1. The zero-order valence-electron chi connectivity index (χ0n) is 9.53. The lowest BCUT2D eigenvalue weighted by molar-refractivity contribution is 0.114. The average Bonchev–Trinajstić information content (AvgIpc) is 2.83. The first-order valence-electron chi connectivity index (χ1n) is 5.55. The molecule has 7 heteroatoms. The Morgan fingerprint density at radius 2 is 2.28 bits per heavy atom. The van der Waals surface area contributed by atoms with E-state index in [-0.39, 0.29) is 22.0 Å². The molecule has 0 aromatic heterocycles. The lowest BCUT2D eigenvalue weighted by Crippen LogP contribution is -2.31. The Balaban J connectivity index is 2.07. The minimum Gasteiger partial charge on any atom is -0.377 e. The van der Waals surface area contributed by atoms with Crippen molar-refractivity contribution in [2.45, 2.75) is 23.8 Å². The van der Waals surface area contributed by atoms with Gasteiger partial charge in [-0.2, -0.15) is 0 Å². The first-order chi connectivity index (χ1) is 8.49.